The average molecular weight is 229 g/mol. The monoisotopic (exact) mass is 229 g/mol. The molecule has 0 aromatic carbocycles. The van der Waals surface area contributed by atoms with Gasteiger partial charge in [-0.3, -0.25) is 11.3 Å². The Labute approximate surface area is 94.8 Å². The molecule has 5 heteroatoms. The zero-order valence-electron chi connectivity index (χ0n) is 9.49. The Balaban J connectivity index is 2.60. The van der Waals surface area contributed by atoms with Crippen molar-refractivity contribution in [2.45, 2.75) is 38.8 Å². The van der Waals surface area contributed by atoms with E-state index in [2.05, 4.69) is 22.7 Å². The maximum Gasteiger partial charge on any atom is 0.0945 e. The number of rotatable bonds is 6. The third-order valence-corrected chi connectivity index (χ3v) is 3.42. The van der Waals surface area contributed by atoms with Crippen LogP contribution in [0.3, 0.4) is 0 Å². The molecule has 0 spiro atoms. The van der Waals surface area contributed by atoms with E-state index in [4.69, 9.17) is 10.6 Å². The first-order valence-electron chi connectivity index (χ1n) is 5.11. The van der Waals surface area contributed by atoms with Crippen molar-refractivity contribution in [3.05, 3.63) is 16.1 Å². The summed E-state index contributed by atoms with van der Waals surface area (Å²) in [6.07, 6.45) is 1.90. The van der Waals surface area contributed by atoms with Crippen molar-refractivity contribution < 1.29 is 4.74 Å². The van der Waals surface area contributed by atoms with Crippen LogP contribution in [0.1, 0.15) is 24.0 Å². The summed E-state index contributed by atoms with van der Waals surface area (Å²) in [5.41, 5.74) is 3.87. The minimum atomic E-state index is 0.130. The topological polar surface area (TPSA) is 60.2 Å². The van der Waals surface area contributed by atoms with Gasteiger partial charge in [-0.25, -0.2) is 4.98 Å². The van der Waals surface area contributed by atoms with Crippen molar-refractivity contribution in [1.29, 1.82) is 0 Å². The first-order valence-corrected chi connectivity index (χ1v) is 5.99. The summed E-state index contributed by atoms with van der Waals surface area (Å²) in [4.78, 5) is 4.42. The van der Waals surface area contributed by atoms with Gasteiger partial charge in [-0.1, -0.05) is 6.92 Å². The smallest absolute Gasteiger partial charge is 0.0945 e. The standard InChI is InChI=1S/C10H19N3OS/c1-4-9(14-3)8(13-11)5-10-12-7(2)6-15-10/h6,8-9,13H,4-5,11H2,1-3H3. The van der Waals surface area contributed by atoms with Crippen molar-refractivity contribution >= 4 is 11.3 Å². The summed E-state index contributed by atoms with van der Waals surface area (Å²) in [5, 5.41) is 3.15. The molecule has 0 aliphatic heterocycles. The third kappa shape index (κ3) is 3.53. The van der Waals surface area contributed by atoms with Crippen molar-refractivity contribution in [2.24, 2.45) is 5.84 Å². The highest BCUT2D eigenvalue weighted by Gasteiger charge is 2.19. The molecule has 0 aliphatic carbocycles. The number of aryl methyl sites for hydroxylation is 1. The molecule has 15 heavy (non-hydrogen) atoms. The third-order valence-electron chi connectivity index (χ3n) is 2.43. The van der Waals surface area contributed by atoms with Crippen LogP contribution in [0.15, 0.2) is 5.38 Å². The molecule has 2 atom stereocenters. The lowest BCUT2D eigenvalue weighted by molar-refractivity contribution is 0.0653. The van der Waals surface area contributed by atoms with E-state index in [-0.39, 0.29) is 12.1 Å². The Morgan fingerprint density at radius 1 is 1.67 bits per heavy atom. The zero-order valence-corrected chi connectivity index (χ0v) is 10.3. The molecule has 0 aliphatic rings. The van der Waals surface area contributed by atoms with E-state index < -0.39 is 0 Å². The maximum atomic E-state index is 5.53. The summed E-state index contributed by atoms with van der Waals surface area (Å²) in [7, 11) is 1.71. The Hall–Kier alpha value is -0.490. The predicted molar refractivity (Wildman–Crippen MR) is 62.8 cm³/mol. The summed E-state index contributed by atoms with van der Waals surface area (Å²) in [5.74, 6) is 5.53. The molecule has 0 radical (unpaired) electrons. The van der Waals surface area contributed by atoms with Crippen LogP contribution in [0, 0.1) is 6.92 Å². The molecule has 0 amide bonds. The molecule has 1 rings (SSSR count). The molecular formula is C10H19N3OS. The Morgan fingerprint density at radius 3 is 2.80 bits per heavy atom. The van der Waals surface area contributed by atoms with Crippen LogP contribution < -0.4 is 11.3 Å². The molecule has 86 valence electrons. The molecule has 1 heterocycles. The number of aromatic nitrogens is 1. The minimum Gasteiger partial charge on any atom is -0.380 e. The van der Waals surface area contributed by atoms with E-state index >= 15 is 0 Å². The Kier molecular flexibility index (Phi) is 5.17. The molecule has 0 fully saturated rings. The lowest BCUT2D eigenvalue weighted by atomic mass is 10.1. The van der Waals surface area contributed by atoms with Crippen LogP contribution in [0.2, 0.25) is 0 Å². The normalized spacial score (nSPS) is 15.2. The highest BCUT2D eigenvalue weighted by molar-refractivity contribution is 7.09. The molecule has 0 saturated carbocycles. The highest BCUT2D eigenvalue weighted by Crippen LogP contribution is 2.14. The molecule has 2 unspecified atom stereocenters. The van der Waals surface area contributed by atoms with Crippen LogP contribution in [-0.4, -0.2) is 24.2 Å². The number of nitrogens with two attached hydrogens (primary N) is 1. The van der Waals surface area contributed by atoms with Crippen LogP contribution in [0.4, 0.5) is 0 Å². The quantitative estimate of drug-likeness (QED) is 0.569. The lowest BCUT2D eigenvalue weighted by Gasteiger charge is -2.23. The van der Waals surface area contributed by atoms with Crippen molar-refractivity contribution in [1.82, 2.24) is 10.4 Å². The summed E-state index contributed by atoms with van der Waals surface area (Å²) < 4.78 is 5.37. The van der Waals surface area contributed by atoms with Crippen LogP contribution in [0.25, 0.3) is 0 Å². The number of hydrogen-bond acceptors (Lipinski definition) is 5. The second-order valence-electron chi connectivity index (χ2n) is 3.54. The predicted octanol–water partition coefficient (Wildman–Crippen LogP) is 1.25. The second kappa shape index (κ2) is 6.17. The first kappa shape index (κ1) is 12.6. The van der Waals surface area contributed by atoms with E-state index in [9.17, 15) is 0 Å². The lowest BCUT2D eigenvalue weighted by Crippen LogP contribution is -2.46. The minimum absolute atomic E-state index is 0.130. The van der Waals surface area contributed by atoms with Gasteiger partial charge in [0.2, 0.25) is 0 Å². The molecule has 4 nitrogen and oxygen atoms in total. The van der Waals surface area contributed by atoms with Gasteiger partial charge < -0.3 is 4.74 Å². The number of ether oxygens (including phenoxy) is 1. The highest BCUT2D eigenvalue weighted by atomic mass is 32.1. The van der Waals surface area contributed by atoms with Gasteiger partial charge in [-0.15, -0.1) is 11.3 Å². The zero-order chi connectivity index (χ0) is 11.3. The largest absolute Gasteiger partial charge is 0.380 e. The van der Waals surface area contributed by atoms with Gasteiger partial charge in [-0.05, 0) is 13.3 Å². The molecule has 3 N–H and O–H groups in total. The number of nitrogens with zero attached hydrogens (tertiary/aromatic N) is 1. The van der Waals surface area contributed by atoms with E-state index in [0.29, 0.717) is 0 Å². The average Bonchev–Trinajstić information content (AvgIpc) is 2.64. The number of nitrogens with one attached hydrogen (secondary N) is 1. The summed E-state index contributed by atoms with van der Waals surface area (Å²) in [6.45, 7) is 4.09. The fourth-order valence-electron chi connectivity index (χ4n) is 1.60. The van der Waals surface area contributed by atoms with Crippen LogP contribution >= 0.6 is 11.3 Å². The first-order chi connectivity index (χ1) is 7.21. The van der Waals surface area contributed by atoms with Gasteiger partial charge >= 0.3 is 0 Å². The van der Waals surface area contributed by atoms with Gasteiger partial charge in [0.25, 0.3) is 0 Å². The van der Waals surface area contributed by atoms with Gasteiger partial charge in [0.1, 0.15) is 0 Å². The molecular weight excluding hydrogens is 210 g/mol. The fraction of sp³-hybridized carbons (Fsp3) is 0.700. The SMILES string of the molecule is CCC(OC)C(Cc1nc(C)cs1)NN. The van der Waals surface area contributed by atoms with Crippen LogP contribution in [0.5, 0.6) is 0 Å². The number of methoxy groups -OCH3 is 1. The summed E-state index contributed by atoms with van der Waals surface area (Å²) >= 11 is 1.67. The van der Waals surface area contributed by atoms with Crippen molar-refractivity contribution in [3.63, 3.8) is 0 Å². The van der Waals surface area contributed by atoms with Gasteiger partial charge in [-0.2, -0.15) is 0 Å². The van der Waals surface area contributed by atoms with Crippen molar-refractivity contribution in [2.75, 3.05) is 7.11 Å². The van der Waals surface area contributed by atoms with Gasteiger partial charge in [0.05, 0.1) is 17.2 Å². The molecule has 1 aromatic heterocycles. The Morgan fingerprint density at radius 2 is 2.40 bits per heavy atom. The van der Waals surface area contributed by atoms with E-state index in [1.165, 1.54) is 0 Å². The fourth-order valence-corrected chi connectivity index (χ4v) is 2.43. The Bertz CT molecular complexity index is 286. The van der Waals surface area contributed by atoms with E-state index in [0.717, 1.165) is 23.5 Å². The second-order valence-corrected chi connectivity index (χ2v) is 4.48. The molecule has 0 bridgehead atoms. The van der Waals surface area contributed by atoms with E-state index in [1.807, 2.05) is 6.92 Å². The van der Waals surface area contributed by atoms with E-state index in [1.54, 1.807) is 18.4 Å². The summed E-state index contributed by atoms with van der Waals surface area (Å²) in [6, 6.07) is 0.130. The molecule has 0 saturated heterocycles. The number of hydrazine groups is 1. The van der Waals surface area contributed by atoms with Crippen molar-refractivity contribution in [3.8, 4) is 0 Å². The van der Waals surface area contributed by atoms with Gasteiger partial charge in [0, 0.05) is 24.6 Å². The molecule has 1 aromatic rings. The maximum absolute atomic E-state index is 5.53. The van der Waals surface area contributed by atoms with Gasteiger partial charge in [0.15, 0.2) is 0 Å². The number of hydrogen-bond donors (Lipinski definition) is 2. The number of thiazole rings is 1. The van der Waals surface area contributed by atoms with Crippen LogP contribution in [-0.2, 0) is 11.2 Å².